The second-order valence-electron chi connectivity index (χ2n) is 4.94. The van der Waals surface area contributed by atoms with Crippen LogP contribution in [0.1, 0.15) is 31.2 Å². The number of para-hydroxylation sites is 1. The Morgan fingerprint density at radius 1 is 1.40 bits per heavy atom. The molecule has 1 unspecified atom stereocenters. The second-order valence-corrected chi connectivity index (χ2v) is 6.05. The normalized spacial score (nSPS) is 12.5. The van der Waals surface area contributed by atoms with Gasteiger partial charge >= 0.3 is 0 Å². The first-order valence-electron chi connectivity index (χ1n) is 6.94. The second kappa shape index (κ2) is 7.36. The molecule has 1 amide bonds. The van der Waals surface area contributed by atoms with Gasteiger partial charge in [-0.1, -0.05) is 12.1 Å². The zero-order valence-corrected chi connectivity index (χ0v) is 12.4. The minimum atomic E-state index is -0.485. The fourth-order valence-electron chi connectivity index (χ4n) is 1.94. The largest absolute Gasteiger partial charge is 0.392 e. The quantitative estimate of drug-likeness (QED) is 0.771. The summed E-state index contributed by atoms with van der Waals surface area (Å²) in [5, 5.41) is 12.9. The maximum absolute atomic E-state index is 11.5. The Morgan fingerprint density at radius 3 is 2.95 bits per heavy atom. The number of thiazole rings is 1. The number of benzene rings is 1. The van der Waals surface area contributed by atoms with Crippen LogP contribution < -0.4 is 5.32 Å². The van der Waals surface area contributed by atoms with E-state index in [0.717, 1.165) is 29.8 Å². The molecule has 2 aromatic rings. The SMILES string of the molecule is CC(O)CNC(=O)CCCCc1nc2ccccc2s1. The average molecular weight is 292 g/mol. The van der Waals surface area contributed by atoms with E-state index in [4.69, 9.17) is 5.11 Å². The summed E-state index contributed by atoms with van der Waals surface area (Å²) in [7, 11) is 0. The lowest BCUT2D eigenvalue weighted by molar-refractivity contribution is -0.121. The van der Waals surface area contributed by atoms with Gasteiger partial charge < -0.3 is 10.4 Å². The lowest BCUT2D eigenvalue weighted by atomic mass is 10.2. The smallest absolute Gasteiger partial charge is 0.220 e. The van der Waals surface area contributed by atoms with Crippen LogP contribution in [0.15, 0.2) is 24.3 Å². The minimum Gasteiger partial charge on any atom is -0.392 e. The molecular formula is C15H20N2O2S. The van der Waals surface area contributed by atoms with Crippen molar-refractivity contribution in [3.63, 3.8) is 0 Å². The number of nitrogens with one attached hydrogen (secondary N) is 1. The molecule has 1 atom stereocenters. The predicted molar refractivity (Wildman–Crippen MR) is 81.9 cm³/mol. The Balaban J connectivity index is 1.69. The molecule has 108 valence electrons. The number of fused-ring (bicyclic) bond motifs is 1. The van der Waals surface area contributed by atoms with Crippen LogP contribution in [0.25, 0.3) is 10.2 Å². The Morgan fingerprint density at radius 2 is 2.20 bits per heavy atom. The van der Waals surface area contributed by atoms with Crippen molar-refractivity contribution in [3.8, 4) is 0 Å². The molecule has 0 radical (unpaired) electrons. The van der Waals surface area contributed by atoms with Crippen LogP contribution in [-0.2, 0) is 11.2 Å². The van der Waals surface area contributed by atoms with Crippen molar-refractivity contribution < 1.29 is 9.90 Å². The molecule has 0 spiro atoms. The monoisotopic (exact) mass is 292 g/mol. The maximum atomic E-state index is 11.5. The summed E-state index contributed by atoms with van der Waals surface area (Å²) in [6, 6.07) is 8.13. The maximum Gasteiger partial charge on any atom is 0.220 e. The van der Waals surface area contributed by atoms with E-state index in [0.29, 0.717) is 13.0 Å². The number of amides is 1. The predicted octanol–water partition coefficient (Wildman–Crippen LogP) is 2.51. The first-order valence-corrected chi connectivity index (χ1v) is 7.76. The van der Waals surface area contributed by atoms with Crippen molar-refractivity contribution in [1.29, 1.82) is 0 Å². The van der Waals surface area contributed by atoms with Crippen LogP contribution >= 0.6 is 11.3 Å². The summed E-state index contributed by atoms with van der Waals surface area (Å²) >= 11 is 1.73. The molecule has 0 fully saturated rings. The van der Waals surface area contributed by atoms with Gasteiger partial charge in [-0.15, -0.1) is 11.3 Å². The average Bonchev–Trinajstić information content (AvgIpc) is 2.84. The van der Waals surface area contributed by atoms with Crippen molar-refractivity contribution in [2.75, 3.05) is 6.54 Å². The number of hydrogen-bond donors (Lipinski definition) is 2. The van der Waals surface area contributed by atoms with Gasteiger partial charge in [0.15, 0.2) is 0 Å². The number of nitrogens with zero attached hydrogens (tertiary/aromatic N) is 1. The zero-order valence-electron chi connectivity index (χ0n) is 11.6. The molecule has 0 aliphatic carbocycles. The summed E-state index contributed by atoms with van der Waals surface area (Å²) in [5.41, 5.74) is 1.06. The van der Waals surface area contributed by atoms with E-state index in [1.807, 2.05) is 18.2 Å². The molecule has 1 heterocycles. The van der Waals surface area contributed by atoms with Crippen LogP contribution in [0, 0.1) is 0 Å². The van der Waals surface area contributed by atoms with E-state index in [2.05, 4.69) is 16.4 Å². The number of aryl methyl sites for hydroxylation is 1. The fraction of sp³-hybridized carbons (Fsp3) is 0.467. The van der Waals surface area contributed by atoms with Crippen LogP contribution in [0.5, 0.6) is 0 Å². The highest BCUT2D eigenvalue weighted by molar-refractivity contribution is 7.18. The molecule has 0 aliphatic rings. The summed E-state index contributed by atoms with van der Waals surface area (Å²) in [5.74, 6) is 0.00944. The fourth-order valence-corrected chi connectivity index (χ4v) is 2.95. The van der Waals surface area contributed by atoms with E-state index >= 15 is 0 Å². The topological polar surface area (TPSA) is 62.2 Å². The lowest BCUT2D eigenvalue weighted by Crippen LogP contribution is -2.30. The zero-order chi connectivity index (χ0) is 14.4. The van der Waals surface area contributed by atoms with Crippen LogP contribution in [0.2, 0.25) is 0 Å². The van der Waals surface area contributed by atoms with E-state index in [9.17, 15) is 4.79 Å². The van der Waals surface area contributed by atoms with Crippen LogP contribution in [0.4, 0.5) is 0 Å². The third-order valence-electron chi connectivity index (χ3n) is 2.98. The first kappa shape index (κ1) is 14.9. The highest BCUT2D eigenvalue weighted by Crippen LogP contribution is 2.22. The molecule has 0 saturated heterocycles. The molecule has 5 heteroatoms. The highest BCUT2D eigenvalue weighted by atomic mass is 32.1. The van der Waals surface area contributed by atoms with Gasteiger partial charge in [-0.3, -0.25) is 4.79 Å². The number of rotatable bonds is 7. The number of hydrogen-bond acceptors (Lipinski definition) is 4. The molecule has 4 nitrogen and oxygen atoms in total. The summed E-state index contributed by atoms with van der Waals surface area (Å²) in [6.45, 7) is 1.99. The molecule has 20 heavy (non-hydrogen) atoms. The van der Waals surface area contributed by atoms with E-state index in [-0.39, 0.29) is 5.91 Å². The van der Waals surface area contributed by atoms with E-state index < -0.39 is 6.10 Å². The molecule has 1 aromatic carbocycles. The number of unbranched alkanes of at least 4 members (excludes halogenated alkanes) is 1. The minimum absolute atomic E-state index is 0.00944. The Kier molecular flexibility index (Phi) is 5.49. The molecule has 0 bridgehead atoms. The molecule has 2 N–H and O–H groups in total. The molecule has 1 aromatic heterocycles. The highest BCUT2D eigenvalue weighted by Gasteiger charge is 2.05. The van der Waals surface area contributed by atoms with Crippen LogP contribution in [-0.4, -0.2) is 28.6 Å². The standard InChI is InChI=1S/C15H20N2O2S/c1-11(18)10-16-14(19)8-4-5-9-15-17-12-6-2-3-7-13(12)20-15/h2-3,6-7,11,18H,4-5,8-10H2,1H3,(H,16,19). The Hall–Kier alpha value is -1.46. The van der Waals surface area contributed by atoms with Gasteiger partial charge in [0.2, 0.25) is 5.91 Å². The van der Waals surface area contributed by atoms with Gasteiger partial charge in [0, 0.05) is 13.0 Å². The number of aliphatic hydroxyl groups excluding tert-OH is 1. The van der Waals surface area contributed by atoms with Gasteiger partial charge in [-0.05, 0) is 38.3 Å². The van der Waals surface area contributed by atoms with Crippen molar-refractivity contribution in [3.05, 3.63) is 29.3 Å². The summed E-state index contributed by atoms with van der Waals surface area (Å²) in [6.07, 6.45) is 2.76. The molecule has 0 aliphatic heterocycles. The van der Waals surface area contributed by atoms with E-state index in [1.165, 1.54) is 4.70 Å². The number of carbonyl (C=O) groups is 1. The van der Waals surface area contributed by atoms with Crippen molar-refractivity contribution in [2.45, 2.75) is 38.7 Å². The van der Waals surface area contributed by atoms with Gasteiger partial charge in [-0.2, -0.15) is 0 Å². The number of carbonyl (C=O) groups excluding carboxylic acids is 1. The number of aromatic nitrogens is 1. The van der Waals surface area contributed by atoms with Gasteiger partial charge in [0.25, 0.3) is 0 Å². The van der Waals surface area contributed by atoms with Crippen LogP contribution in [0.3, 0.4) is 0 Å². The third kappa shape index (κ3) is 4.58. The van der Waals surface area contributed by atoms with Crippen molar-refractivity contribution in [2.24, 2.45) is 0 Å². The third-order valence-corrected chi connectivity index (χ3v) is 4.07. The number of aliphatic hydroxyl groups is 1. The van der Waals surface area contributed by atoms with Crippen molar-refractivity contribution >= 4 is 27.5 Å². The van der Waals surface area contributed by atoms with E-state index in [1.54, 1.807) is 18.3 Å². The van der Waals surface area contributed by atoms with Gasteiger partial charge in [0.1, 0.15) is 0 Å². The lowest BCUT2D eigenvalue weighted by Gasteiger charge is -2.06. The van der Waals surface area contributed by atoms with Gasteiger partial charge in [-0.25, -0.2) is 4.98 Å². The summed E-state index contributed by atoms with van der Waals surface area (Å²) < 4.78 is 1.22. The Bertz CT molecular complexity index is 533. The molecule has 2 rings (SSSR count). The van der Waals surface area contributed by atoms with Gasteiger partial charge in [0.05, 0.1) is 21.3 Å². The first-order chi connectivity index (χ1) is 9.65. The summed E-state index contributed by atoms with van der Waals surface area (Å²) in [4.78, 5) is 16.0. The molecular weight excluding hydrogens is 272 g/mol. The Labute approximate surface area is 122 Å². The molecule has 0 saturated carbocycles. The van der Waals surface area contributed by atoms with Crippen molar-refractivity contribution in [1.82, 2.24) is 10.3 Å².